The van der Waals surface area contributed by atoms with Gasteiger partial charge < -0.3 is 10.1 Å². The van der Waals surface area contributed by atoms with Gasteiger partial charge in [-0.1, -0.05) is 26.0 Å². The summed E-state index contributed by atoms with van der Waals surface area (Å²) < 4.78 is 5.71. The molecule has 1 aromatic carbocycles. The predicted molar refractivity (Wildman–Crippen MR) is 76.7 cm³/mol. The fourth-order valence-electron chi connectivity index (χ4n) is 1.63. The van der Waals surface area contributed by atoms with Crippen molar-refractivity contribution >= 4 is 5.95 Å². The van der Waals surface area contributed by atoms with Crippen LogP contribution in [0.4, 0.5) is 5.95 Å². The van der Waals surface area contributed by atoms with E-state index in [4.69, 9.17) is 4.74 Å². The summed E-state index contributed by atoms with van der Waals surface area (Å²) in [5.74, 6) is 1.94. The van der Waals surface area contributed by atoms with Crippen LogP contribution in [0.2, 0.25) is 0 Å². The zero-order chi connectivity index (χ0) is 13.5. The SMILES string of the molecule is CCCNc1nccc(Oc2ccc(CC)cc2)n1. The molecule has 0 aliphatic heterocycles. The molecule has 0 radical (unpaired) electrons. The van der Waals surface area contributed by atoms with Crippen LogP contribution in [0.15, 0.2) is 36.5 Å². The molecule has 1 N–H and O–H groups in total. The van der Waals surface area contributed by atoms with Gasteiger partial charge in [0.2, 0.25) is 11.8 Å². The Morgan fingerprint density at radius 2 is 1.89 bits per heavy atom. The van der Waals surface area contributed by atoms with Gasteiger partial charge in [-0.3, -0.25) is 0 Å². The molecule has 0 aliphatic carbocycles. The van der Waals surface area contributed by atoms with Crippen molar-refractivity contribution in [1.29, 1.82) is 0 Å². The molecule has 2 rings (SSSR count). The Kier molecular flexibility index (Phi) is 4.72. The molecule has 0 spiro atoms. The standard InChI is InChI=1S/C15H19N3O/c1-3-10-16-15-17-11-9-14(18-15)19-13-7-5-12(4-2)6-8-13/h5-9,11H,3-4,10H2,1-2H3,(H,16,17,18). The van der Waals surface area contributed by atoms with Crippen molar-refractivity contribution in [3.63, 3.8) is 0 Å². The molecule has 4 heteroatoms. The molecule has 0 fully saturated rings. The Bertz CT molecular complexity index is 511. The van der Waals surface area contributed by atoms with E-state index in [-0.39, 0.29) is 0 Å². The van der Waals surface area contributed by atoms with Crippen LogP contribution in [-0.4, -0.2) is 16.5 Å². The molecule has 0 atom stereocenters. The van der Waals surface area contributed by atoms with Crippen LogP contribution >= 0.6 is 0 Å². The van der Waals surface area contributed by atoms with Crippen molar-refractivity contribution in [2.75, 3.05) is 11.9 Å². The molecule has 0 bridgehead atoms. The summed E-state index contributed by atoms with van der Waals surface area (Å²) in [6.45, 7) is 5.09. The highest BCUT2D eigenvalue weighted by atomic mass is 16.5. The van der Waals surface area contributed by atoms with Crippen LogP contribution in [0.25, 0.3) is 0 Å². The van der Waals surface area contributed by atoms with Gasteiger partial charge in [-0.25, -0.2) is 4.98 Å². The van der Waals surface area contributed by atoms with E-state index in [1.165, 1.54) is 5.56 Å². The Hall–Kier alpha value is -2.10. The fraction of sp³-hybridized carbons (Fsp3) is 0.333. The zero-order valence-electron chi connectivity index (χ0n) is 11.4. The minimum atomic E-state index is 0.554. The summed E-state index contributed by atoms with van der Waals surface area (Å²) in [6.07, 6.45) is 3.76. The summed E-state index contributed by atoms with van der Waals surface area (Å²) in [5, 5.41) is 3.14. The molecule has 0 saturated carbocycles. The largest absolute Gasteiger partial charge is 0.439 e. The van der Waals surface area contributed by atoms with Crippen molar-refractivity contribution in [3.05, 3.63) is 42.1 Å². The normalized spacial score (nSPS) is 10.2. The molecule has 0 unspecified atom stereocenters. The molecule has 1 aromatic heterocycles. The smallest absolute Gasteiger partial charge is 0.225 e. The number of anilines is 1. The van der Waals surface area contributed by atoms with Gasteiger partial charge >= 0.3 is 0 Å². The van der Waals surface area contributed by atoms with Crippen molar-refractivity contribution < 1.29 is 4.74 Å². The maximum Gasteiger partial charge on any atom is 0.225 e. The van der Waals surface area contributed by atoms with Crippen LogP contribution in [0.1, 0.15) is 25.8 Å². The number of aromatic nitrogens is 2. The van der Waals surface area contributed by atoms with Gasteiger partial charge in [0, 0.05) is 18.8 Å². The monoisotopic (exact) mass is 257 g/mol. The van der Waals surface area contributed by atoms with Crippen molar-refractivity contribution in [1.82, 2.24) is 9.97 Å². The highest BCUT2D eigenvalue weighted by molar-refractivity contribution is 5.33. The highest BCUT2D eigenvalue weighted by Gasteiger charge is 2.01. The lowest BCUT2D eigenvalue weighted by atomic mass is 10.2. The number of hydrogen-bond donors (Lipinski definition) is 1. The molecule has 19 heavy (non-hydrogen) atoms. The van der Waals surface area contributed by atoms with Gasteiger partial charge in [0.1, 0.15) is 5.75 Å². The average Bonchev–Trinajstić information content (AvgIpc) is 2.46. The van der Waals surface area contributed by atoms with E-state index in [2.05, 4.69) is 41.3 Å². The second kappa shape index (κ2) is 6.73. The Balaban J connectivity index is 2.05. The fourth-order valence-corrected chi connectivity index (χ4v) is 1.63. The average molecular weight is 257 g/mol. The molecule has 0 saturated heterocycles. The first-order chi connectivity index (χ1) is 9.31. The van der Waals surface area contributed by atoms with Crippen molar-refractivity contribution in [2.45, 2.75) is 26.7 Å². The van der Waals surface area contributed by atoms with Gasteiger partial charge in [0.05, 0.1) is 0 Å². The van der Waals surface area contributed by atoms with Gasteiger partial charge in [0.25, 0.3) is 0 Å². The number of rotatable bonds is 6. The third-order valence-electron chi connectivity index (χ3n) is 2.72. The third-order valence-corrected chi connectivity index (χ3v) is 2.72. The summed E-state index contributed by atoms with van der Waals surface area (Å²) in [5.41, 5.74) is 1.29. The Morgan fingerprint density at radius 3 is 2.58 bits per heavy atom. The van der Waals surface area contributed by atoms with Crippen molar-refractivity contribution in [2.24, 2.45) is 0 Å². The predicted octanol–water partition coefficient (Wildman–Crippen LogP) is 3.65. The van der Waals surface area contributed by atoms with E-state index in [0.717, 1.165) is 25.1 Å². The second-order valence-corrected chi connectivity index (χ2v) is 4.24. The minimum absolute atomic E-state index is 0.554. The maximum atomic E-state index is 5.71. The second-order valence-electron chi connectivity index (χ2n) is 4.24. The van der Waals surface area contributed by atoms with E-state index in [1.807, 2.05) is 12.1 Å². The van der Waals surface area contributed by atoms with Crippen LogP contribution in [0.3, 0.4) is 0 Å². The maximum absolute atomic E-state index is 5.71. The molecule has 1 heterocycles. The number of benzene rings is 1. The molecule has 4 nitrogen and oxygen atoms in total. The van der Waals surface area contributed by atoms with E-state index < -0.39 is 0 Å². The number of nitrogens with one attached hydrogen (secondary N) is 1. The lowest BCUT2D eigenvalue weighted by molar-refractivity contribution is 0.462. The third kappa shape index (κ3) is 3.95. The van der Waals surface area contributed by atoms with E-state index >= 15 is 0 Å². The summed E-state index contributed by atoms with van der Waals surface area (Å²) in [4.78, 5) is 8.45. The first kappa shape index (κ1) is 13.3. The zero-order valence-corrected chi connectivity index (χ0v) is 11.4. The van der Waals surface area contributed by atoms with Gasteiger partial charge in [-0.2, -0.15) is 4.98 Å². The van der Waals surface area contributed by atoms with E-state index in [1.54, 1.807) is 12.3 Å². The molecule has 100 valence electrons. The number of nitrogens with zero attached hydrogens (tertiary/aromatic N) is 2. The quantitative estimate of drug-likeness (QED) is 0.858. The molecule has 0 amide bonds. The van der Waals surface area contributed by atoms with Gasteiger partial charge in [-0.05, 0) is 30.5 Å². The highest BCUT2D eigenvalue weighted by Crippen LogP contribution is 2.20. The minimum Gasteiger partial charge on any atom is -0.439 e. The first-order valence-electron chi connectivity index (χ1n) is 6.65. The topological polar surface area (TPSA) is 47.0 Å². The molecule has 0 aliphatic rings. The number of ether oxygens (including phenoxy) is 1. The lowest BCUT2D eigenvalue weighted by Crippen LogP contribution is -2.04. The summed E-state index contributed by atoms with van der Waals surface area (Å²) in [7, 11) is 0. The van der Waals surface area contributed by atoms with Gasteiger partial charge in [-0.15, -0.1) is 0 Å². The lowest BCUT2D eigenvalue weighted by Gasteiger charge is -2.07. The first-order valence-corrected chi connectivity index (χ1v) is 6.65. The van der Waals surface area contributed by atoms with Crippen LogP contribution in [-0.2, 0) is 6.42 Å². The van der Waals surface area contributed by atoms with E-state index in [9.17, 15) is 0 Å². The summed E-state index contributed by atoms with van der Waals surface area (Å²) in [6, 6.07) is 9.80. The van der Waals surface area contributed by atoms with Crippen LogP contribution in [0, 0.1) is 0 Å². The van der Waals surface area contributed by atoms with Crippen LogP contribution in [0.5, 0.6) is 11.6 Å². The summed E-state index contributed by atoms with van der Waals surface area (Å²) >= 11 is 0. The van der Waals surface area contributed by atoms with Crippen LogP contribution < -0.4 is 10.1 Å². The Morgan fingerprint density at radius 1 is 1.11 bits per heavy atom. The van der Waals surface area contributed by atoms with Crippen molar-refractivity contribution in [3.8, 4) is 11.6 Å². The molecular formula is C15H19N3O. The van der Waals surface area contributed by atoms with Gasteiger partial charge in [0.15, 0.2) is 0 Å². The van der Waals surface area contributed by atoms with E-state index in [0.29, 0.717) is 11.8 Å². The Labute approximate surface area is 113 Å². The number of aryl methyl sites for hydroxylation is 1. The molecule has 2 aromatic rings. The number of hydrogen-bond acceptors (Lipinski definition) is 4. The molecular weight excluding hydrogens is 238 g/mol.